The monoisotopic (exact) mass is 226 g/mol. The normalized spacial score (nSPS) is 28.0. The lowest BCUT2D eigenvalue weighted by Gasteiger charge is -2.36. The van der Waals surface area contributed by atoms with Crippen molar-refractivity contribution in [2.45, 2.75) is 77.6 Å². The molecule has 0 saturated heterocycles. The second-order valence-electron chi connectivity index (χ2n) is 5.90. The van der Waals surface area contributed by atoms with Crippen LogP contribution in [-0.2, 0) is 0 Å². The van der Waals surface area contributed by atoms with Gasteiger partial charge in [-0.2, -0.15) is 0 Å². The van der Waals surface area contributed by atoms with Crippen LogP contribution in [0.25, 0.3) is 0 Å². The van der Waals surface area contributed by atoms with Crippen LogP contribution in [0.15, 0.2) is 0 Å². The fourth-order valence-corrected chi connectivity index (χ4v) is 7.50. The van der Waals surface area contributed by atoms with E-state index in [1.807, 2.05) is 0 Å². The Hall–Kier alpha value is 0.217. The highest BCUT2D eigenvalue weighted by molar-refractivity contribution is 6.79. The molecule has 1 fully saturated rings. The minimum absolute atomic E-state index is 0.834. The van der Waals surface area contributed by atoms with Gasteiger partial charge in [-0.05, 0) is 18.3 Å². The predicted octanol–water partition coefficient (Wildman–Crippen LogP) is 5.32. The molecule has 2 unspecified atom stereocenters. The first-order valence-corrected chi connectivity index (χ1v) is 9.98. The van der Waals surface area contributed by atoms with Crippen molar-refractivity contribution < 1.29 is 0 Å². The maximum absolute atomic E-state index is 2.46. The van der Waals surface area contributed by atoms with Gasteiger partial charge in [-0.25, -0.2) is 0 Å². The van der Waals surface area contributed by atoms with E-state index < -0.39 is 8.07 Å². The summed E-state index contributed by atoms with van der Waals surface area (Å²) in [5.74, 6) is 2.11. The molecule has 2 atom stereocenters. The van der Waals surface area contributed by atoms with Gasteiger partial charge in [0.1, 0.15) is 0 Å². The third-order valence-corrected chi connectivity index (χ3v) is 11.0. The number of hydrogen-bond donors (Lipinski definition) is 0. The van der Waals surface area contributed by atoms with Gasteiger partial charge in [0.2, 0.25) is 0 Å². The number of rotatable bonds is 5. The van der Waals surface area contributed by atoms with Crippen LogP contribution in [0.4, 0.5) is 0 Å². The molecule has 1 saturated carbocycles. The van der Waals surface area contributed by atoms with E-state index >= 15 is 0 Å². The molecule has 0 aromatic carbocycles. The zero-order valence-corrected chi connectivity index (χ0v) is 12.3. The third kappa shape index (κ3) is 3.62. The molecule has 0 aromatic heterocycles. The zero-order chi connectivity index (χ0) is 11.3. The lowest BCUT2D eigenvalue weighted by Crippen LogP contribution is -2.34. The molecule has 90 valence electrons. The van der Waals surface area contributed by atoms with E-state index in [1.165, 1.54) is 37.4 Å². The zero-order valence-electron chi connectivity index (χ0n) is 11.3. The van der Waals surface area contributed by atoms with Crippen LogP contribution in [-0.4, -0.2) is 8.07 Å². The quantitative estimate of drug-likeness (QED) is 0.556. The standard InChI is InChI=1S/C14H30Si/c1-5-15(6-2,7-3)12-14-10-8-9-13(4)11-14/h13-14H,5-12H2,1-4H3. The molecule has 1 heteroatoms. The lowest BCUT2D eigenvalue weighted by molar-refractivity contribution is 0.298. The van der Waals surface area contributed by atoms with Crippen LogP contribution in [0.1, 0.15) is 53.4 Å². The Morgan fingerprint density at radius 1 is 1.00 bits per heavy atom. The molecule has 1 aliphatic rings. The second kappa shape index (κ2) is 6.08. The molecule has 0 amide bonds. The van der Waals surface area contributed by atoms with Crippen LogP contribution >= 0.6 is 0 Å². The van der Waals surface area contributed by atoms with Crippen molar-refractivity contribution in [2.24, 2.45) is 11.8 Å². The lowest BCUT2D eigenvalue weighted by atomic mass is 9.83. The average Bonchev–Trinajstić information content (AvgIpc) is 2.26. The number of hydrogen-bond acceptors (Lipinski definition) is 0. The second-order valence-corrected chi connectivity index (χ2v) is 11.4. The molecule has 0 bridgehead atoms. The van der Waals surface area contributed by atoms with E-state index in [-0.39, 0.29) is 0 Å². The van der Waals surface area contributed by atoms with Crippen LogP contribution in [0.5, 0.6) is 0 Å². The fourth-order valence-electron chi connectivity index (χ4n) is 3.54. The highest BCUT2D eigenvalue weighted by Gasteiger charge is 2.31. The molecule has 1 aliphatic carbocycles. The highest BCUT2D eigenvalue weighted by atomic mass is 28.3. The smallest absolute Gasteiger partial charge is 0.0530 e. The Balaban J connectivity index is 2.49. The molecule has 15 heavy (non-hydrogen) atoms. The van der Waals surface area contributed by atoms with Crippen molar-refractivity contribution in [3.63, 3.8) is 0 Å². The summed E-state index contributed by atoms with van der Waals surface area (Å²) in [6, 6.07) is 6.20. The molecule has 0 nitrogen and oxygen atoms in total. The van der Waals surface area contributed by atoms with Crippen molar-refractivity contribution in [1.29, 1.82) is 0 Å². The van der Waals surface area contributed by atoms with E-state index in [2.05, 4.69) is 27.7 Å². The summed E-state index contributed by atoms with van der Waals surface area (Å²) in [5, 5.41) is 0. The van der Waals surface area contributed by atoms with Crippen LogP contribution in [0.2, 0.25) is 24.2 Å². The van der Waals surface area contributed by atoms with Gasteiger partial charge in [0, 0.05) is 0 Å². The van der Waals surface area contributed by atoms with E-state index in [1.54, 1.807) is 12.5 Å². The van der Waals surface area contributed by atoms with Crippen LogP contribution in [0, 0.1) is 11.8 Å². The van der Waals surface area contributed by atoms with Gasteiger partial charge in [0.05, 0.1) is 8.07 Å². The first-order chi connectivity index (χ1) is 7.15. The van der Waals surface area contributed by atoms with Crippen molar-refractivity contribution in [1.82, 2.24) is 0 Å². The largest absolute Gasteiger partial charge is 0.0678 e. The van der Waals surface area contributed by atoms with Gasteiger partial charge in [-0.15, -0.1) is 0 Å². The molecule has 0 N–H and O–H groups in total. The van der Waals surface area contributed by atoms with Gasteiger partial charge >= 0.3 is 0 Å². The molecule has 0 radical (unpaired) electrons. The van der Waals surface area contributed by atoms with E-state index in [9.17, 15) is 0 Å². The Bertz CT molecular complexity index is 164. The van der Waals surface area contributed by atoms with Gasteiger partial charge < -0.3 is 0 Å². The molecule has 0 spiro atoms. The third-order valence-electron chi connectivity index (χ3n) is 5.02. The van der Waals surface area contributed by atoms with Gasteiger partial charge in [0.15, 0.2) is 0 Å². The maximum atomic E-state index is 2.46. The molecular weight excluding hydrogens is 196 g/mol. The molecule has 1 rings (SSSR count). The minimum Gasteiger partial charge on any atom is -0.0678 e. The highest BCUT2D eigenvalue weighted by Crippen LogP contribution is 2.37. The van der Waals surface area contributed by atoms with Crippen LogP contribution < -0.4 is 0 Å². The first kappa shape index (κ1) is 13.3. The summed E-state index contributed by atoms with van der Waals surface area (Å²) in [7, 11) is -0.834. The summed E-state index contributed by atoms with van der Waals surface area (Å²) in [4.78, 5) is 0. The summed E-state index contributed by atoms with van der Waals surface area (Å²) in [6.45, 7) is 9.81. The predicted molar refractivity (Wildman–Crippen MR) is 73.1 cm³/mol. The molecule has 0 heterocycles. The van der Waals surface area contributed by atoms with Crippen molar-refractivity contribution in [3.8, 4) is 0 Å². The summed E-state index contributed by atoms with van der Waals surface area (Å²) in [6.07, 6.45) is 6.08. The maximum Gasteiger partial charge on any atom is 0.0530 e. The molecule has 0 aliphatic heterocycles. The summed E-state index contributed by atoms with van der Waals surface area (Å²) in [5.41, 5.74) is 0. The van der Waals surface area contributed by atoms with Gasteiger partial charge in [-0.3, -0.25) is 0 Å². The minimum atomic E-state index is -0.834. The molecule has 0 aromatic rings. The first-order valence-electron chi connectivity index (χ1n) is 7.15. The van der Waals surface area contributed by atoms with Crippen LogP contribution in [0.3, 0.4) is 0 Å². The summed E-state index contributed by atoms with van der Waals surface area (Å²) < 4.78 is 0. The topological polar surface area (TPSA) is 0 Å². The SMILES string of the molecule is CC[Si](CC)(CC)CC1CCCC(C)C1. The van der Waals surface area contributed by atoms with E-state index in [0.717, 1.165) is 11.8 Å². The van der Waals surface area contributed by atoms with Gasteiger partial charge in [0.25, 0.3) is 0 Å². The average molecular weight is 226 g/mol. The fraction of sp³-hybridized carbons (Fsp3) is 1.00. The Morgan fingerprint density at radius 2 is 1.60 bits per heavy atom. The van der Waals surface area contributed by atoms with Crippen molar-refractivity contribution >= 4 is 8.07 Å². The van der Waals surface area contributed by atoms with Gasteiger partial charge in [-0.1, -0.05) is 71.1 Å². The summed E-state index contributed by atoms with van der Waals surface area (Å²) >= 11 is 0. The van der Waals surface area contributed by atoms with Crippen molar-refractivity contribution in [3.05, 3.63) is 0 Å². The Morgan fingerprint density at radius 3 is 2.07 bits per heavy atom. The molecular formula is C14H30Si. The van der Waals surface area contributed by atoms with Crippen molar-refractivity contribution in [2.75, 3.05) is 0 Å². The Labute approximate surface area is 97.9 Å². The van der Waals surface area contributed by atoms with E-state index in [0.29, 0.717) is 0 Å². The Kier molecular flexibility index (Phi) is 5.38. The van der Waals surface area contributed by atoms with E-state index in [4.69, 9.17) is 0 Å².